The van der Waals surface area contributed by atoms with E-state index in [9.17, 15) is 4.79 Å². The highest BCUT2D eigenvalue weighted by Gasteiger charge is 2.04. The highest BCUT2D eigenvalue weighted by atomic mass is 79.9. The molecule has 1 aromatic heterocycles. The Morgan fingerprint density at radius 1 is 1.22 bits per heavy atom. The Morgan fingerprint density at radius 2 is 1.94 bits per heavy atom. The van der Waals surface area contributed by atoms with Crippen molar-refractivity contribution < 1.29 is 0 Å². The molecule has 0 saturated heterocycles. The Morgan fingerprint density at radius 3 is 2.61 bits per heavy atom. The molecule has 0 saturated carbocycles. The van der Waals surface area contributed by atoms with Crippen molar-refractivity contribution in [2.45, 2.75) is 20.4 Å². The molecule has 0 bridgehead atoms. The summed E-state index contributed by atoms with van der Waals surface area (Å²) in [5, 5.41) is 0. The van der Waals surface area contributed by atoms with Gasteiger partial charge in [0.25, 0.3) is 5.56 Å². The first-order valence-electron chi connectivity index (χ1n) is 5.69. The summed E-state index contributed by atoms with van der Waals surface area (Å²) in [6, 6.07) is 7.82. The Balaban J connectivity index is 2.40. The molecule has 0 spiro atoms. The molecule has 0 aliphatic heterocycles. The van der Waals surface area contributed by atoms with Gasteiger partial charge in [-0.25, -0.2) is 0 Å². The number of hydrogen-bond donors (Lipinski definition) is 1. The number of hydrogen-bond acceptors (Lipinski definition) is 2. The van der Waals surface area contributed by atoms with E-state index in [1.165, 1.54) is 11.1 Å². The van der Waals surface area contributed by atoms with E-state index in [1.54, 1.807) is 16.8 Å². The zero-order chi connectivity index (χ0) is 13.3. The summed E-state index contributed by atoms with van der Waals surface area (Å²) in [7, 11) is 0. The zero-order valence-electron chi connectivity index (χ0n) is 10.4. The summed E-state index contributed by atoms with van der Waals surface area (Å²) in [5.41, 5.74) is 9.82. The van der Waals surface area contributed by atoms with E-state index in [0.29, 0.717) is 16.7 Å². The van der Waals surface area contributed by atoms with Crippen molar-refractivity contribution >= 4 is 21.6 Å². The zero-order valence-corrected chi connectivity index (χ0v) is 12.0. The van der Waals surface area contributed by atoms with Crippen LogP contribution < -0.4 is 11.3 Å². The molecule has 94 valence electrons. The van der Waals surface area contributed by atoms with Gasteiger partial charge in [-0.2, -0.15) is 0 Å². The van der Waals surface area contributed by atoms with Crippen LogP contribution in [0, 0.1) is 13.8 Å². The molecule has 0 radical (unpaired) electrons. The van der Waals surface area contributed by atoms with Crippen molar-refractivity contribution in [3.8, 4) is 0 Å². The minimum absolute atomic E-state index is 0.0672. The van der Waals surface area contributed by atoms with Crippen LogP contribution >= 0.6 is 15.9 Å². The highest BCUT2D eigenvalue weighted by molar-refractivity contribution is 9.10. The molecule has 3 nitrogen and oxygen atoms in total. The van der Waals surface area contributed by atoms with Gasteiger partial charge in [0.05, 0.1) is 11.0 Å². The average molecular weight is 307 g/mol. The lowest BCUT2D eigenvalue weighted by Gasteiger charge is -2.09. The van der Waals surface area contributed by atoms with Crippen LogP contribution in [0.3, 0.4) is 0 Å². The van der Waals surface area contributed by atoms with Gasteiger partial charge < -0.3 is 10.3 Å². The fourth-order valence-electron chi connectivity index (χ4n) is 1.84. The number of benzene rings is 1. The van der Waals surface area contributed by atoms with E-state index < -0.39 is 0 Å². The molecule has 0 amide bonds. The molecule has 1 heterocycles. The third kappa shape index (κ3) is 2.64. The van der Waals surface area contributed by atoms with E-state index in [1.807, 2.05) is 6.07 Å². The highest BCUT2D eigenvalue weighted by Crippen LogP contribution is 2.13. The predicted molar refractivity (Wildman–Crippen MR) is 77.8 cm³/mol. The van der Waals surface area contributed by atoms with Crippen LogP contribution in [0.25, 0.3) is 0 Å². The van der Waals surface area contributed by atoms with Gasteiger partial charge in [-0.05, 0) is 52.5 Å². The van der Waals surface area contributed by atoms with Crippen molar-refractivity contribution in [3.05, 3.63) is 62.0 Å². The van der Waals surface area contributed by atoms with E-state index >= 15 is 0 Å². The normalized spacial score (nSPS) is 10.6. The maximum atomic E-state index is 11.9. The van der Waals surface area contributed by atoms with Crippen molar-refractivity contribution in [2.24, 2.45) is 0 Å². The van der Waals surface area contributed by atoms with Crippen molar-refractivity contribution in [1.29, 1.82) is 0 Å². The molecular formula is C14H15BrN2O. The lowest BCUT2D eigenvalue weighted by Crippen LogP contribution is -2.21. The Labute approximate surface area is 114 Å². The summed E-state index contributed by atoms with van der Waals surface area (Å²) < 4.78 is 2.11. The number of pyridine rings is 1. The van der Waals surface area contributed by atoms with E-state index in [-0.39, 0.29) is 5.56 Å². The van der Waals surface area contributed by atoms with Gasteiger partial charge in [0.1, 0.15) is 0 Å². The number of halogens is 1. The van der Waals surface area contributed by atoms with Gasteiger partial charge in [0.15, 0.2) is 0 Å². The fraction of sp³-hybridized carbons (Fsp3) is 0.214. The van der Waals surface area contributed by atoms with E-state index in [0.717, 1.165) is 5.56 Å². The molecule has 0 aliphatic rings. The van der Waals surface area contributed by atoms with Crippen molar-refractivity contribution in [1.82, 2.24) is 4.57 Å². The van der Waals surface area contributed by atoms with Crippen LogP contribution in [0.2, 0.25) is 0 Å². The summed E-state index contributed by atoms with van der Waals surface area (Å²) >= 11 is 3.22. The molecule has 4 heteroatoms. The maximum Gasteiger partial charge on any atom is 0.265 e. The van der Waals surface area contributed by atoms with Gasteiger partial charge in [-0.3, -0.25) is 4.79 Å². The summed E-state index contributed by atoms with van der Waals surface area (Å²) in [5.74, 6) is 0. The molecule has 2 aromatic rings. The molecule has 0 unspecified atom stereocenters. The third-order valence-electron chi connectivity index (χ3n) is 2.99. The lowest BCUT2D eigenvalue weighted by molar-refractivity contribution is 0.756. The molecule has 0 atom stereocenters. The molecule has 1 aromatic carbocycles. The number of aromatic nitrogens is 1. The quantitative estimate of drug-likeness (QED) is 0.927. The first kappa shape index (κ1) is 12.9. The molecule has 0 aliphatic carbocycles. The molecular weight excluding hydrogens is 292 g/mol. The Kier molecular flexibility index (Phi) is 3.57. The van der Waals surface area contributed by atoms with E-state index in [4.69, 9.17) is 5.73 Å². The van der Waals surface area contributed by atoms with Crippen LogP contribution in [-0.4, -0.2) is 4.57 Å². The van der Waals surface area contributed by atoms with Crippen LogP contribution in [0.15, 0.2) is 39.7 Å². The fourth-order valence-corrected chi connectivity index (χ4v) is 2.33. The van der Waals surface area contributed by atoms with Gasteiger partial charge in [-0.15, -0.1) is 0 Å². The lowest BCUT2D eigenvalue weighted by atomic mass is 10.1. The van der Waals surface area contributed by atoms with E-state index in [2.05, 4.69) is 41.9 Å². The summed E-state index contributed by atoms with van der Waals surface area (Å²) in [4.78, 5) is 11.9. The second-order valence-corrected chi connectivity index (χ2v) is 5.33. The molecule has 2 N–H and O–H groups in total. The number of aryl methyl sites for hydroxylation is 2. The monoisotopic (exact) mass is 306 g/mol. The topological polar surface area (TPSA) is 48.0 Å². The number of nitrogens with two attached hydrogens (primary N) is 1. The Bertz CT molecular complexity index is 647. The number of nitrogens with zero attached hydrogens (tertiary/aromatic N) is 1. The van der Waals surface area contributed by atoms with Crippen molar-refractivity contribution in [3.63, 3.8) is 0 Å². The number of nitrogen functional groups attached to an aromatic ring is 1. The van der Waals surface area contributed by atoms with Gasteiger partial charge in [0.2, 0.25) is 0 Å². The summed E-state index contributed by atoms with van der Waals surface area (Å²) in [6.07, 6.45) is 1.67. The first-order chi connectivity index (χ1) is 8.47. The van der Waals surface area contributed by atoms with Crippen LogP contribution in [0.4, 0.5) is 5.69 Å². The average Bonchev–Trinajstić information content (AvgIpc) is 2.30. The largest absolute Gasteiger partial charge is 0.398 e. The van der Waals surface area contributed by atoms with Gasteiger partial charge in [-0.1, -0.05) is 18.2 Å². The van der Waals surface area contributed by atoms with Gasteiger partial charge in [0, 0.05) is 11.9 Å². The third-order valence-corrected chi connectivity index (χ3v) is 3.56. The van der Waals surface area contributed by atoms with Gasteiger partial charge >= 0.3 is 0 Å². The summed E-state index contributed by atoms with van der Waals surface area (Å²) in [6.45, 7) is 4.67. The standard InChI is InChI=1S/C14H15BrN2O/c1-9-3-4-11(5-10(9)2)7-17-8-12(16)6-13(15)14(17)18/h3-6,8H,7,16H2,1-2H3. The smallest absolute Gasteiger partial charge is 0.265 e. The molecule has 2 rings (SSSR count). The molecule has 18 heavy (non-hydrogen) atoms. The SMILES string of the molecule is Cc1ccc(Cn2cc(N)cc(Br)c2=O)cc1C. The number of rotatable bonds is 2. The maximum absolute atomic E-state index is 11.9. The number of anilines is 1. The predicted octanol–water partition coefficient (Wildman–Crippen LogP) is 2.86. The van der Waals surface area contributed by atoms with Crippen LogP contribution in [0.5, 0.6) is 0 Å². The van der Waals surface area contributed by atoms with Crippen LogP contribution in [0.1, 0.15) is 16.7 Å². The van der Waals surface area contributed by atoms with Crippen molar-refractivity contribution in [2.75, 3.05) is 5.73 Å². The van der Waals surface area contributed by atoms with Crippen LogP contribution in [-0.2, 0) is 6.54 Å². The second kappa shape index (κ2) is 4.98. The second-order valence-electron chi connectivity index (χ2n) is 4.47. The first-order valence-corrected chi connectivity index (χ1v) is 6.48. The molecule has 0 fully saturated rings. The Hall–Kier alpha value is -1.55. The minimum Gasteiger partial charge on any atom is -0.398 e. The minimum atomic E-state index is -0.0672.